The van der Waals surface area contributed by atoms with E-state index in [0.717, 1.165) is 11.7 Å². The van der Waals surface area contributed by atoms with Crippen LogP contribution in [0.1, 0.15) is 45.1 Å². The molecule has 14 heavy (non-hydrogen) atoms. The van der Waals surface area contributed by atoms with Gasteiger partial charge in [-0.15, -0.1) is 0 Å². The van der Waals surface area contributed by atoms with Gasteiger partial charge in [0.1, 0.15) is 11.4 Å². The lowest BCUT2D eigenvalue weighted by atomic mass is 10.1. The average molecular weight is 190 g/mol. The Kier molecular flexibility index (Phi) is 2.26. The van der Waals surface area contributed by atoms with Crippen molar-refractivity contribution in [1.29, 1.82) is 0 Å². The highest BCUT2D eigenvalue weighted by atomic mass is 16.5. The molecule has 0 bridgehead atoms. The predicted octanol–water partition coefficient (Wildman–Crippen LogP) is 3.74. The van der Waals surface area contributed by atoms with Gasteiger partial charge in [-0.25, -0.2) is 0 Å². The zero-order valence-electron chi connectivity index (χ0n) is 9.21. The molecule has 1 saturated carbocycles. The van der Waals surface area contributed by atoms with Gasteiger partial charge in [0.15, 0.2) is 0 Å². The predicted molar refractivity (Wildman–Crippen MR) is 58.8 cm³/mol. The zero-order valence-corrected chi connectivity index (χ0v) is 9.21. The van der Waals surface area contributed by atoms with E-state index >= 15 is 0 Å². The van der Waals surface area contributed by atoms with Crippen LogP contribution in [0.5, 0.6) is 5.75 Å². The summed E-state index contributed by atoms with van der Waals surface area (Å²) in [6, 6.07) is 8.42. The van der Waals surface area contributed by atoms with Gasteiger partial charge in [0.25, 0.3) is 0 Å². The number of hydrogen-bond acceptors (Lipinski definition) is 1. The normalized spacial score (nSPS) is 16.8. The quantitative estimate of drug-likeness (QED) is 0.690. The van der Waals surface area contributed by atoms with Crippen LogP contribution in [0.4, 0.5) is 0 Å². The van der Waals surface area contributed by atoms with Crippen LogP contribution in [0, 0.1) is 0 Å². The molecule has 1 aromatic carbocycles. The highest BCUT2D eigenvalue weighted by molar-refractivity contribution is 5.38. The molecule has 1 nitrogen and oxygen atoms in total. The van der Waals surface area contributed by atoms with E-state index in [2.05, 4.69) is 39.0 Å². The van der Waals surface area contributed by atoms with Gasteiger partial charge in [0.05, 0.1) is 0 Å². The SMILES string of the molecule is CC(C)(C)Oc1ccccc1C1CC1. The van der Waals surface area contributed by atoms with Crippen molar-refractivity contribution in [2.75, 3.05) is 0 Å². The van der Waals surface area contributed by atoms with Gasteiger partial charge in [0, 0.05) is 0 Å². The summed E-state index contributed by atoms with van der Waals surface area (Å²) in [5, 5.41) is 0. The van der Waals surface area contributed by atoms with Crippen LogP contribution in [0.3, 0.4) is 0 Å². The van der Waals surface area contributed by atoms with E-state index < -0.39 is 0 Å². The van der Waals surface area contributed by atoms with E-state index in [1.807, 2.05) is 6.07 Å². The monoisotopic (exact) mass is 190 g/mol. The second-order valence-electron chi connectivity index (χ2n) is 5.03. The van der Waals surface area contributed by atoms with Gasteiger partial charge in [-0.2, -0.15) is 0 Å². The third-order valence-corrected chi connectivity index (χ3v) is 2.35. The molecular formula is C13H18O. The van der Waals surface area contributed by atoms with Crippen molar-refractivity contribution in [3.05, 3.63) is 29.8 Å². The van der Waals surface area contributed by atoms with Gasteiger partial charge in [0.2, 0.25) is 0 Å². The summed E-state index contributed by atoms with van der Waals surface area (Å²) in [6.07, 6.45) is 2.65. The molecule has 0 heterocycles. The summed E-state index contributed by atoms with van der Waals surface area (Å²) in [6.45, 7) is 6.28. The van der Waals surface area contributed by atoms with Crippen molar-refractivity contribution >= 4 is 0 Å². The van der Waals surface area contributed by atoms with Gasteiger partial charge >= 0.3 is 0 Å². The average Bonchev–Trinajstić information content (AvgIpc) is 2.85. The molecule has 0 aliphatic heterocycles. The summed E-state index contributed by atoms with van der Waals surface area (Å²) in [4.78, 5) is 0. The van der Waals surface area contributed by atoms with E-state index in [4.69, 9.17) is 4.74 Å². The van der Waals surface area contributed by atoms with Gasteiger partial charge in [-0.1, -0.05) is 18.2 Å². The Hall–Kier alpha value is -0.980. The minimum Gasteiger partial charge on any atom is -0.488 e. The topological polar surface area (TPSA) is 9.23 Å². The fourth-order valence-electron chi connectivity index (χ4n) is 1.63. The first kappa shape index (κ1) is 9.57. The molecule has 1 aromatic rings. The second kappa shape index (κ2) is 3.30. The molecule has 2 rings (SSSR count). The lowest BCUT2D eigenvalue weighted by molar-refractivity contribution is 0.129. The molecule has 1 fully saturated rings. The van der Waals surface area contributed by atoms with E-state index in [-0.39, 0.29) is 5.60 Å². The van der Waals surface area contributed by atoms with Crippen LogP contribution >= 0.6 is 0 Å². The minimum absolute atomic E-state index is 0.0923. The maximum Gasteiger partial charge on any atom is 0.123 e. The van der Waals surface area contributed by atoms with Crippen LogP contribution < -0.4 is 4.74 Å². The summed E-state index contributed by atoms with van der Waals surface area (Å²) in [7, 11) is 0. The molecule has 0 radical (unpaired) electrons. The highest BCUT2D eigenvalue weighted by Crippen LogP contribution is 2.44. The Balaban J connectivity index is 2.23. The molecule has 0 amide bonds. The number of rotatable bonds is 2. The van der Waals surface area contributed by atoms with Crippen molar-refractivity contribution < 1.29 is 4.74 Å². The number of para-hydroxylation sites is 1. The Morgan fingerprint density at radius 3 is 2.36 bits per heavy atom. The molecule has 0 aromatic heterocycles. The molecule has 0 unspecified atom stereocenters. The van der Waals surface area contributed by atoms with E-state index in [9.17, 15) is 0 Å². The number of benzene rings is 1. The third-order valence-electron chi connectivity index (χ3n) is 2.35. The summed E-state index contributed by atoms with van der Waals surface area (Å²) < 4.78 is 5.93. The van der Waals surface area contributed by atoms with Crippen molar-refractivity contribution in [1.82, 2.24) is 0 Å². The smallest absolute Gasteiger partial charge is 0.123 e. The third kappa shape index (κ3) is 2.28. The minimum atomic E-state index is -0.0923. The fourth-order valence-corrected chi connectivity index (χ4v) is 1.63. The van der Waals surface area contributed by atoms with Crippen LogP contribution in [0.15, 0.2) is 24.3 Å². The lowest BCUT2D eigenvalue weighted by Gasteiger charge is -2.23. The molecular weight excluding hydrogens is 172 g/mol. The van der Waals surface area contributed by atoms with Crippen molar-refractivity contribution in [3.63, 3.8) is 0 Å². The molecule has 76 valence electrons. The Labute approximate surface area is 86.1 Å². The first-order chi connectivity index (χ1) is 6.56. The van der Waals surface area contributed by atoms with Crippen LogP contribution in [0.25, 0.3) is 0 Å². The first-order valence-corrected chi connectivity index (χ1v) is 5.34. The Morgan fingerprint density at radius 1 is 1.14 bits per heavy atom. The molecule has 0 N–H and O–H groups in total. The number of ether oxygens (including phenoxy) is 1. The summed E-state index contributed by atoms with van der Waals surface area (Å²) >= 11 is 0. The second-order valence-corrected chi connectivity index (χ2v) is 5.03. The molecule has 1 aliphatic carbocycles. The largest absolute Gasteiger partial charge is 0.488 e. The molecule has 0 atom stereocenters. The van der Waals surface area contributed by atoms with Crippen molar-refractivity contribution in [2.24, 2.45) is 0 Å². The fraction of sp³-hybridized carbons (Fsp3) is 0.538. The van der Waals surface area contributed by atoms with Crippen molar-refractivity contribution in [3.8, 4) is 5.75 Å². The van der Waals surface area contributed by atoms with Gasteiger partial charge in [-0.3, -0.25) is 0 Å². The first-order valence-electron chi connectivity index (χ1n) is 5.34. The van der Waals surface area contributed by atoms with Gasteiger partial charge < -0.3 is 4.74 Å². The summed E-state index contributed by atoms with van der Waals surface area (Å²) in [5.41, 5.74) is 1.30. The van der Waals surface area contributed by atoms with Gasteiger partial charge in [-0.05, 0) is 51.2 Å². The molecule has 1 heteroatoms. The molecule has 1 aliphatic rings. The maximum atomic E-state index is 5.93. The van der Waals surface area contributed by atoms with Crippen LogP contribution in [-0.2, 0) is 0 Å². The van der Waals surface area contributed by atoms with E-state index in [1.165, 1.54) is 18.4 Å². The van der Waals surface area contributed by atoms with Crippen molar-refractivity contribution in [2.45, 2.75) is 45.1 Å². The van der Waals surface area contributed by atoms with E-state index in [0.29, 0.717) is 0 Å². The summed E-state index contributed by atoms with van der Waals surface area (Å²) in [5.74, 6) is 1.83. The Morgan fingerprint density at radius 2 is 1.79 bits per heavy atom. The molecule has 0 spiro atoms. The number of hydrogen-bond donors (Lipinski definition) is 0. The van der Waals surface area contributed by atoms with Crippen LogP contribution in [0.2, 0.25) is 0 Å². The van der Waals surface area contributed by atoms with E-state index in [1.54, 1.807) is 0 Å². The molecule has 0 saturated heterocycles. The zero-order chi connectivity index (χ0) is 10.2. The Bertz CT molecular complexity index is 318. The standard InChI is InChI=1S/C13H18O/c1-13(2,3)14-12-7-5-4-6-11(12)10-8-9-10/h4-7,10H,8-9H2,1-3H3. The maximum absolute atomic E-state index is 5.93. The lowest BCUT2D eigenvalue weighted by Crippen LogP contribution is -2.23. The highest BCUT2D eigenvalue weighted by Gasteiger charge is 2.27. The van der Waals surface area contributed by atoms with Crippen LogP contribution in [-0.4, -0.2) is 5.60 Å².